The zero-order valence-electron chi connectivity index (χ0n) is 16.0. The van der Waals surface area contributed by atoms with Gasteiger partial charge in [-0.25, -0.2) is 4.79 Å². The van der Waals surface area contributed by atoms with Crippen LogP contribution in [0.2, 0.25) is 5.02 Å². The van der Waals surface area contributed by atoms with E-state index in [1.807, 2.05) is 0 Å². The summed E-state index contributed by atoms with van der Waals surface area (Å²) in [6, 6.07) is 11.8. The molecule has 2 aromatic rings. The quantitative estimate of drug-likeness (QED) is 0.568. The summed E-state index contributed by atoms with van der Waals surface area (Å²) in [6.07, 6.45) is -1.26. The normalized spacial score (nSPS) is 12.4. The molecule has 0 saturated heterocycles. The number of urea groups is 1. The molecule has 0 aliphatic heterocycles. The zero-order valence-corrected chi connectivity index (χ0v) is 16.7. The lowest BCUT2D eigenvalue weighted by molar-refractivity contribution is -0.153. The lowest BCUT2D eigenvalue weighted by Gasteiger charge is -2.19. The van der Waals surface area contributed by atoms with Crippen molar-refractivity contribution in [3.05, 3.63) is 59.1 Å². The van der Waals surface area contributed by atoms with Gasteiger partial charge in [0.2, 0.25) is 0 Å². The fraction of sp³-hybridized carbons (Fsp3) is 0.250. The summed E-state index contributed by atoms with van der Waals surface area (Å²) in [5, 5.41) is 5.64. The number of nitrogens with one attached hydrogen (secondary N) is 2. The number of carbonyl (C=O) groups excluding carboxylic acids is 3. The van der Waals surface area contributed by atoms with E-state index in [2.05, 4.69) is 10.6 Å². The lowest BCUT2D eigenvalue weighted by atomic mass is 10.0. The van der Waals surface area contributed by atoms with Gasteiger partial charge in [0.1, 0.15) is 5.75 Å². The van der Waals surface area contributed by atoms with Crippen LogP contribution < -0.4 is 21.1 Å². The second-order valence-corrected chi connectivity index (χ2v) is 6.61. The van der Waals surface area contributed by atoms with Crippen LogP contribution in [-0.4, -0.2) is 31.1 Å². The minimum atomic E-state index is -1.05. The number of ether oxygens (including phenoxy) is 2. The van der Waals surface area contributed by atoms with Gasteiger partial charge < -0.3 is 25.8 Å². The van der Waals surface area contributed by atoms with Crippen molar-refractivity contribution < 1.29 is 23.9 Å². The SMILES string of the molecule is COc1cccc(NC(=O)[C@@H](C)OC(=O)C[C@@H](NC(N)=O)c2ccc(Cl)cc2)c1. The Morgan fingerprint density at radius 2 is 1.83 bits per heavy atom. The molecule has 0 aliphatic carbocycles. The van der Waals surface area contributed by atoms with Crippen molar-refractivity contribution >= 4 is 35.2 Å². The van der Waals surface area contributed by atoms with Gasteiger partial charge in [0, 0.05) is 16.8 Å². The van der Waals surface area contributed by atoms with Gasteiger partial charge in [-0.2, -0.15) is 0 Å². The van der Waals surface area contributed by atoms with E-state index >= 15 is 0 Å². The fourth-order valence-electron chi connectivity index (χ4n) is 2.53. The van der Waals surface area contributed by atoms with E-state index in [4.69, 9.17) is 26.8 Å². The Hall–Kier alpha value is -3.26. The highest BCUT2D eigenvalue weighted by molar-refractivity contribution is 6.30. The summed E-state index contributed by atoms with van der Waals surface area (Å²) >= 11 is 5.86. The first-order valence-corrected chi connectivity index (χ1v) is 9.12. The van der Waals surface area contributed by atoms with Gasteiger partial charge >= 0.3 is 12.0 Å². The van der Waals surface area contributed by atoms with Crippen molar-refractivity contribution in [2.45, 2.75) is 25.5 Å². The Kier molecular flexibility index (Phi) is 7.85. The van der Waals surface area contributed by atoms with Crippen LogP contribution in [0.15, 0.2) is 48.5 Å². The molecule has 0 unspecified atom stereocenters. The van der Waals surface area contributed by atoms with E-state index < -0.39 is 30.1 Å². The number of amides is 3. The molecule has 3 amide bonds. The molecule has 0 spiro atoms. The predicted octanol–water partition coefficient (Wildman–Crippen LogP) is 3.02. The molecule has 29 heavy (non-hydrogen) atoms. The number of hydrogen-bond acceptors (Lipinski definition) is 5. The molecule has 0 radical (unpaired) electrons. The molecule has 2 aromatic carbocycles. The molecule has 0 fully saturated rings. The predicted molar refractivity (Wildman–Crippen MR) is 109 cm³/mol. The average molecular weight is 420 g/mol. The van der Waals surface area contributed by atoms with Crippen LogP contribution in [0.4, 0.5) is 10.5 Å². The Balaban J connectivity index is 1.97. The topological polar surface area (TPSA) is 120 Å². The van der Waals surface area contributed by atoms with Gasteiger partial charge in [0.15, 0.2) is 6.10 Å². The lowest BCUT2D eigenvalue weighted by Crippen LogP contribution is -2.36. The van der Waals surface area contributed by atoms with Gasteiger partial charge in [-0.15, -0.1) is 0 Å². The minimum absolute atomic E-state index is 0.207. The Labute approximate surface area is 173 Å². The van der Waals surface area contributed by atoms with Crippen LogP contribution in [0, 0.1) is 0 Å². The molecule has 0 bridgehead atoms. The molecule has 2 atom stereocenters. The van der Waals surface area contributed by atoms with Gasteiger partial charge in [-0.3, -0.25) is 9.59 Å². The molecule has 9 heteroatoms. The first kappa shape index (κ1) is 22.0. The summed E-state index contributed by atoms with van der Waals surface area (Å²) in [7, 11) is 1.52. The van der Waals surface area contributed by atoms with Crippen LogP contribution in [0.3, 0.4) is 0 Å². The van der Waals surface area contributed by atoms with Crippen molar-refractivity contribution in [1.82, 2.24) is 5.32 Å². The third-order valence-corrected chi connectivity index (χ3v) is 4.23. The van der Waals surface area contributed by atoms with Crippen molar-refractivity contribution in [1.29, 1.82) is 0 Å². The third kappa shape index (κ3) is 7.00. The average Bonchev–Trinajstić information content (AvgIpc) is 2.67. The monoisotopic (exact) mass is 419 g/mol. The molecule has 154 valence electrons. The first-order chi connectivity index (χ1) is 13.8. The first-order valence-electron chi connectivity index (χ1n) is 8.74. The maximum Gasteiger partial charge on any atom is 0.312 e. The molecular weight excluding hydrogens is 398 g/mol. The molecule has 0 aliphatic rings. The summed E-state index contributed by atoms with van der Waals surface area (Å²) in [5.41, 5.74) is 6.32. The Bertz CT molecular complexity index is 873. The zero-order chi connectivity index (χ0) is 21.4. The third-order valence-electron chi connectivity index (χ3n) is 3.97. The van der Waals surface area contributed by atoms with E-state index in [-0.39, 0.29) is 6.42 Å². The van der Waals surface area contributed by atoms with Crippen molar-refractivity contribution in [3.8, 4) is 5.75 Å². The molecule has 8 nitrogen and oxygen atoms in total. The molecule has 4 N–H and O–H groups in total. The molecule has 0 heterocycles. The highest BCUT2D eigenvalue weighted by atomic mass is 35.5. The number of primary amides is 1. The summed E-state index contributed by atoms with van der Waals surface area (Å²) in [6.45, 7) is 1.45. The highest BCUT2D eigenvalue weighted by Crippen LogP contribution is 2.21. The fourth-order valence-corrected chi connectivity index (χ4v) is 2.66. The van der Waals surface area contributed by atoms with Gasteiger partial charge in [-0.05, 0) is 36.8 Å². The summed E-state index contributed by atoms with van der Waals surface area (Å²) in [5.74, 6) is -0.597. The van der Waals surface area contributed by atoms with Crippen LogP contribution in [0.1, 0.15) is 24.9 Å². The van der Waals surface area contributed by atoms with E-state index in [1.165, 1.54) is 14.0 Å². The summed E-state index contributed by atoms with van der Waals surface area (Å²) < 4.78 is 10.3. The molecule has 0 aromatic heterocycles. The maximum atomic E-state index is 12.3. The number of hydrogen-bond donors (Lipinski definition) is 3. The van der Waals surface area contributed by atoms with E-state index in [0.717, 1.165) is 0 Å². The number of rotatable bonds is 8. The number of halogens is 1. The van der Waals surface area contributed by atoms with Crippen LogP contribution >= 0.6 is 11.6 Å². The van der Waals surface area contributed by atoms with E-state index in [1.54, 1.807) is 48.5 Å². The van der Waals surface area contributed by atoms with Crippen LogP contribution in [0.25, 0.3) is 0 Å². The maximum absolute atomic E-state index is 12.3. The minimum Gasteiger partial charge on any atom is -0.497 e. The van der Waals surface area contributed by atoms with Gasteiger partial charge in [0.05, 0.1) is 19.6 Å². The second-order valence-electron chi connectivity index (χ2n) is 6.17. The summed E-state index contributed by atoms with van der Waals surface area (Å²) in [4.78, 5) is 35.9. The van der Waals surface area contributed by atoms with Crippen LogP contribution in [-0.2, 0) is 14.3 Å². The van der Waals surface area contributed by atoms with Gasteiger partial charge in [-0.1, -0.05) is 29.8 Å². The number of nitrogens with two attached hydrogens (primary N) is 1. The van der Waals surface area contributed by atoms with Crippen LogP contribution in [0.5, 0.6) is 5.75 Å². The number of carbonyl (C=O) groups is 3. The van der Waals surface area contributed by atoms with Crippen molar-refractivity contribution in [2.75, 3.05) is 12.4 Å². The van der Waals surface area contributed by atoms with E-state index in [0.29, 0.717) is 22.0 Å². The Morgan fingerprint density at radius 1 is 1.14 bits per heavy atom. The molecular formula is C20H22ClN3O5. The highest BCUT2D eigenvalue weighted by Gasteiger charge is 2.23. The number of anilines is 1. The largest absolute Gasteiger partial charge is 0.497 e. The van der Waals surface area contributed by atoms with E-state index in [9.17, 15) is 14.4 Å². The van der Waals surface area contributed by atoms with Crippen molar-refractivity contribution in [2.24, 2.45) is 5.73 Å². The standard InChI is InChI=1S/C20H22ClN3O5/c1-12(19(26)23-15-4-3-5-16(10-15)28-2)29-18(25)11-17(24-20(22)27)13-6-8-14(21)9-7-13/h3-10,12,17H,11H2,1-2H3,(H,23,26)(H3,22,24,27)/t12-,17-/m1/s1. The molecule has 0 saturated carbocycles. The van der Waals surface area contributed by atoms with Gasteiger partial charge in [0.25, 0.3) is 5.91 Å². The smallest absolute Gasteiger partial charge is 0.312 e. The molecule has 2 rings (SSSR count). The number of methoxy groups -OCH3 is 1. The second kappa shape index (κ2) is 10.3. The Morgan fingerprint density at radius 3 is 2.45 bits per heavy atom. The number of esters is 1. The number of benzene rings is 2. The van der Waals surface area contributed by atoms with Crippen molar-refractivity contribution in [3.63, 3.8) is 0 Å².